The van der Waals surface area contributed by atoms with Gasteiger partial charge < -0.3 is 20.3 Å². The van der Waals surface area contributed by atoms with Crippen LogP contribution in [0.2, 0.25) is 0 Å². The standard InChI is InChI=1S/C19H24N6O2S/c1-19(2,3)27-18(26)22-13-7-6-10-25(12-13)17-23-14(11-20)16(28-17)24-15-8-4-5-9-21-15/h4-5,8-9,13H,6-7,10,12H2,1-3H3,(H,21,24)(H,22,26). The van der Waals surface area contributed by atoms with Gasteiger partial charge in [0.05, 0.1) is 0 Å². The minimum atomic E-state index is -0.526. The average molecular weight is 401 g/mol. The molecule has 1 amide bonds. The van der Waals surface area contributed by atoms with Crippen LogP contribution in [-0.4, -0.2) is 40.8 Å². The number of carbonyl (C=O) groups excluding carboxylic acids is 1. The zero-order chi connectivity index (χ0) is 20.1. The molecule has 0 aromatic carbocycles. The number of pyridine rings is 1. The maximum atomic E-state index is 12.1. The minimum absolute atomic E-state index is 0.0229. The van der Waals surface area contributed by atoms with Gasteiger partial charge in [-0.05, 0) is 45.7 Å². The van der Waals surface area contributed by atoms with Gasteiger partial charge in [-0.3, -0.25) is 0 Å². The van der Waals surface area contributed by atoms with Crippen LogP contribution in [0.1, 0.15) is 39.3 Å². The first kappa shape index (κ1) is 19.9. The topological polar surface area (TPSA) is 103 Å². The van der Waals surface area contributed by atoms with Gasteiger partial charge in [0.2, 0.25) is 0 Å². The molecule has 0 radical (unpaired) electrons. The Labute approximate surface area is 168 Å². The predicted molar refractivity (Wildman–Crippen MR) is 109 cm³/mol. The number of ether oxygens (including phenoxy) is 1. The van der Waals surface area contributed by atoms with E-state index in [2.05, 4.69) is 31.6 Å². The number of amides is 1. The largest absolute Gasteiger partial charge is 0.444 e. The monoisotopic (exact) mass is 400 g/mol. The van der Waals surface area contributed by atoms with Crippen molar-refractivity contribution in [3.8, 4) is 6.07 Å². The second kappa shape index (κ2) is 8.44. The lowest BCUT2D eigenvalue weighted by Gasteiger charge is -2.33. The van der Waals surface area contributed by atoms with E-state index in [1.165, 1.54) is 11.3 Å². The van der Waals surface area contributed by atoms with Crippen molar-refractivity contribution < 1.29 is 9.53 Å². The molecule has 3 rings (SSSR count). The molecular weight excluding hydrogens is 376 g/mol. The number of nitriles is 1. The SMILES string of the molecule is CC(C)(C)OC(=O)NC1CCCN(c2nc(C#N)c(Nc3ccccn3)s2)C1. The molecule has 1 fully saturated rings. The first-order chi connectivity index (χ1) is 13.3. The number of hydrogen-bond donors (Lipinski definition) is 2. The van der Waals surface area contributed by atoms with E-state index in [0.29, 0.717) is 23.1 Å². The molecule has 3 heterocycles. The van der Waals surface area contributed by atoms with Crippen LogP contribution in [0.5, 0.6) is 0 Å². The molecular formula is C19H24N6O2S. The summed E-state index contributed by atoms with van der Waals surface area (Å²) in [5.74, 6) is 0.664. The van der Waals surface area contributed by atoms with Crippen LogP contribution in [0.3, 0.4) is 0 Å². The van der Waals surface area contributed by atoms with Crippen molar-refractivity contribution in [2.24, 2.45) is 0 Å². The molecule has 1 saturated heterocycles. The van der Waals surface area contributed by atoms with Gasteiger partial charge in [0.15, 0.2) is 10.8 Å². The van der Waals surface area contributed by atoms with Crippen LogP contribution in [0.25, 0.3) is 0 Å². The summed E-state index contributed by atoms with van der Waals surface area (Å²) >= 11 is 1.41. The van der Waals surface area contributed by atoms with Gasteiger partial charge >= 0.3 is 6.09 Å². The molecule has 8 nitrogen and oxygen atoms in total. The highest BCUT2D eigenvalue weighted by Crippen LogP contribution is 2.33. The summed E-state index contributed by atoms with van der Waals surface area (Å²) in [4.78, 5) is 22.8. The number of alkyl carbamates (subject to hydrolysis) is 1. The molecule has 1 aliphatic rings. The maximum absolute atomic E-state index is 12.1. The van der Waals surface area contributed by atoms with Gasteiger partial charge in [0.1, 0.15) is 22.5 Å². The zero-order valence-electron chi connectivity index (χ0n) is 16.2. The highest BCUT2D eigenvalue weighted by molar-refractivity contribution is 7.19. The van der Waals surface area contributed by atoms with E-state index >= 15 is 0 Å². The fraction of sp³-hybridized carbons (Fsp3) is 0.474. The Morgan fingerprint density at radius 2 is 2.25 bits per heavy atom. The summed E-state index contributed by atoms with van der Waals surface area (Å²) in [5.41, 5.74) is -0.186. The Kier molecular flexibility index (Phi) is 5.99. The van der Waals surface area contributed by atoms with Crippen LogP contribution in [0.15, 0.2) is 24.4 Å². The first-order valence-electron chi connectivity index (χ1n) is 9.17. The third kappa shape index (κ3) is 5.33. The number of piperidine rings is 1. The molecule has 2 N–H and O–H groups in total. The number of nitrogens with one attached hydrogen (secondary N) is 2. The molecule has 0 aliphatic carbocycles. The molecule has 1 aliphatic heterocycles. The summed E-state index contributed by atoms with van der Waals surface area (Å²) in [7, 11) is 0. The van der Waals surface area contributed by atoms with Gasteiger partial charge in [0, 0.05) is 25.3 Å². The molecule has 0 saturated carbocycles. The van der Waals surface area contributed by atoms with E-state index in [1.807, 2.05) is 39.0 Å². The smallest absolute Gasteiger partial charge is 0.407 e. The average Bonchev–Trinajstić information content (AvgIpc) is 3.04. The fourth-order valence-electron chi connectivity index (χ4n) is 2.90. The second-order valence-corrected chi connectivity index (χ2v) is 8.53. The highest BCUT2D eigenvalue weighted by Gasteiger charge is 2.26. The minimum Gasteiger partial charge on any atom is -0.444 e. The molecule has 28 heavy (non-hydrogen) atoms. The van der Waals surface area contributed by atoms with Crippen molar-refractivity contribution >= 4 is 33.4 Å². The highest BCUT2D eigenvalue weighted by atomic mass is 32.1. The van der Waals surface area contributed by atoms with Crippen molar-refractivity contribution in [2.45, 2.75) is 45.3 Å². The molecule has 1 atom stereocenters. The van der Waals surface area contributed by atoms with Crippen molar-refractivity contribution in [3.63, 3.8) is 0 Å². The summed E-state index contributed by atoms with van der Waals surface area (Å²) in [5, 5.41) is 16.9. The molecule has 1 unspecified atom stereocenters. The summed E-state index contributed by atoms with van der Waals surface area (Å²) in [6.45, 7) is 6.98. The van der Waals surface area contributed by atoms with E-state index in [0.717, 1.165) is 24.5 Å². The second-order valence-electron chi connectivity index (χ2n) is 7.56. The van der Waals surface area contributed by atoms with Gasteiger partial charge in [-0.25, -0.2) is 14.8 Å². The van der Waals surface area contributed by atoms with E-state index in [1.54, 1.807) is 6.20 Å². The lowest BCUT2D eigenvalue weighted by molar-refractivity contribution is 0.0500. The van der Waals surface area contributed by atoms with Crippen molar-refractivity contribution in [2.75, 3.05) is 23.3 Å². The summed E-state index contributed by atoms with van der Waals surface area (Å²) in [6, 6.07) is 7.66. The number of aromatic nitrogens is 2. The van der Waals surface area contributed by atoms with Crippen LogP contribution < -0.4 is 15.5 Å². The molecule has 0 bridgehead atoms. The van der Waals surface area contributed by atoms with Gasteiger partial charge in [-0.1, -0.05) is 17.4 Å². The van der Waals surface area contributed by atoms with E-state index in [4.69, 9.17) is 4.74 Å². The Balaban J connectivity index is 1.67. The Bertz CT molecular complexity index is 856. The van der Waals surface area contributed by atoms with Crippen LogP contribution in [-0.2, 0) is 4.74 Å². The van der Waals surface area contributed by atoms with E-state index < -0.39 is 11.7 Å². The molecule has 0 spiro atoms. The number of hydrogen-bond acceptors (Lipinski definition) is 8. The van der Waals surface area contributed by atoms with Crippen molar-refractivity contribution in [3.05, 3.63) is 30.1 Å². The lowest BCUT2D eigenvalue weighted by atomic mass is 10.1. The van der Waals surface area contributed by atoms with Crippen LogP contribution in [0, 0.1) is 11.3 Å². The Morgan fingerprint density at radius 3 is 2.93 bits per heavy atom. The van der Waals surface area contributed by atoms with Gasteiger partial charge in [0.25, 0.3) is 0 Å². The normalized spacial score (nSPS) is 16.9. The molecule has 9 heteroatoms. The lowest BCUT2D eigenvalue weighted by Crippen LogP contribution is -2.49. The van der Waals surface area contributed by atoms with Crippen LogP contribution >= 0.6 is 11.3 Å². The van der Waals surface area contributed by atoms with Gasteiger partial charge in [-0.2, -0.15) is 5.26 Å². The predicted octanol–water partition coefficient (Wildman–Crippen LogP) is 3.65. The third-order valence-electron chi connectivity index (χ3n) is 4.04. The third-order valence-corrected chi connectivity index (χ3v) is 5.07. The number of rotatable bonds is 4. The van der Waals surface area contributed by atoms with Crippen LogP contribution in [0.4, 0.5) is 20.7 Å². The Hall–Kier alpha value is -2.86. The number of anilines is 3. The zero-order valence-corrected chi connectivity index (χ0v) is 17.0. The molecule has 2 aromatic heterocycles. The van der Waals surface area contributed by atoms with Crippen molar-refractivity contribution in [1.29, 1.82) is 5.26 Å². The van der Waals surface area contributed by atoms with E-state index in [-0.39, 0.29) is 6.04 Å². The number of thiazole rings is 1. The maximum Gasteiger partial charge on any atom is 0.407 e. The quantitative estimate of drug-likeness (QED) is 0.807. The van der Waals surface area contributed by atoms with Crippen molar-refractivity contribution in [1.82, 2.24) is 15.3 Å². The van der Waals surface area contributed by atoms with E-state index in [9.17, 15) is 10.1 Å². The summed E-state index contributed by atoms with van der Waals surface area (Å²) < 4.78 is 5.35. The fourth-order valence-corrected chi connectivity index (χ4v) is 3.86. The molecule has 148 valence electrons. The number of carbonyl (C=O) groups is 1. The summed E-state index contributed by atoms with van der Waals surface area (Å²) in [6.07, 6.45) is 3.08. The molecule has 2 aromatic rings. The Morgan fingerprint density at radius 1 is 1.43 bits per heavy atom. The first-order valence-corrected chi connectivity index (χ1v) is 9.99. The van der Waals surface area contributed by atoms with Gasteiger partial charge in [-0.15, -0.1) is 0 Å². The number of nitrogens with zero attached hydrogens (tertiary/aromatic N) is 4.